The Bertz CT molecular complexity index is 197. The maximum absolute atomic E-state index is 6.02. The second-order valence-corrected chi connectivity index (χ2v) is 5.42. The Morgan fingerprint density at radius 2 is 1.59 bits per heavy atom. The van der Waals surface area contributed by atoms with Gasteiger partial charge in [0.05, 0.1) is 0 Å². The molecule has 1 aliphatic rings. The minimum Gasteiger partial charge on any atom is -0.329 e. The Morgan fingerprint density at radius 1 is 1.06 bits per heavy atom. The minimum absolute atomic E-state index is 0.252. The molecule has 1 heterocycles. The number of hydrogen-bond acceptors (Lipinski definition) is 3. The molecule has 0 aromatic carbocycles. The van der Waals surface area contributed by atoms with Crippen molar-refractivity contribution >= 4 is 0 Å². The lowest BCUT2D eigenvalue weighted by Crippen LogP contribution is -2.60. The van der Waals surface area contributed by atoms with Gasteiger partial charge in [0.2, 0.25) is 0 Å². The van der Waals surface area contributed by atoms with E-state index >= 15 is 0 Å². The van der Waals surface area contributed by atoms with Crippen LogP contribution in [0.2, 0.25) is 0 Å². The average Bonchev–Trinajstić information content (AvgIpc) is 2.41. The zero-order valence-corrected chi connectivity index (χ0v) is 12.2. The fourth-order valence-corrected chi connectivity index (χ4v) is 3.01. The Balaban J connectivity index is 2.55. The molecule has 1 unspecified atom stereocenters. The van der Waals surface area contributed by atoms with Gasteiger partial charge in [-0.25, -0.2) is 0 Å². The summed E-state index contributed by atoms with van der Waals surface area (Å²) in [5.74, 6) is 0. The predicted octanol–water partition coefficient (Wildman–Crippen LogP) is 1.92. The molecule has 1 saturated heterocycles. The highest BCUT2D eigenvalue weighted by Gasteiger charge is 2.34. The van der Waals surface area contributed by atoms with E-state index < -0.39 is 0 Å². The molecule has 0 amide bonds. The first kappa shape index (κ1) is 14.9. The molecule has 0 aromatic heterocycles. The standard InChI is InChI=1S/C14H31N3/c1-5-13(4)16-8-10-17(11-9-16)14(6-2,7-3)12-15/h13H,5-12,15H2,1-4H3. The molecular formula is C14H31N3. The molecule has 0 radical (unpaired) electrons. The maximum Gasteiger partial charge on any atom is 0.0327 e. The van der Waals surface area contributed by atoms with Gasteiger partial charge in [-0.15, -0.1) is 0 Å². The molecule has 1 atom stereocenters. The summed E-state index contributed by atoms with van der Waals surface area (Å²) >= 11 is 0. The number of hydrogen-bond donors (Lipinski definition) is 1. The van der Waals surface area contributed by atoms with Crippen LogP contribution in [0.4, 0.5) is 0 Å². The van der Waals surface area contributed by atoms with Crippen LogP contribution >= 0.6 is 0 Å². The Labute approximate surface area is 107 Å². The molecule has 3 heteroatoms. The van der Waals surface area contributed by atoms with Gasteiger partial charge in [-0.3, -0.25) is 9.80 Å². The van der Waals surface area contributed by atoms with Crippen molar-refractivity contribution in [2.24, 2.45) is 5.73 Å². The van der Waals surface area contributed by atoms with E-state index in [1.54, 1.807) is 0 Å². The third kappa shape index (κ3) is 3.21. The second-order valence-electron chi connectivity index (χ2n) is 5.42. The Morgan fingerprint density at radius 3 is 1.94 bits per heavy atom. The van der Waals surface area contributed by atoms with Gasteiger partial charge in [0.1, 0.15) is 0 Å². The van der Waals surface area contributed by atoms with Crippen LogP contribution in [0.15, 0.2) is 0 Å². The summed E-state index contributed by atoms with van der Waals surface area (Å²) in [6, 6.07) is 0.729. The maximum atomic E-state index is 6.02. The van der Waals surface area contributed by atoms with Crippen LogP contribution in [-0.4, -0.2) is 54.1 Å². The molecule has 1 aliphatic heterocycles. The molecule has 102 valence electrons. The van der Waals surface area contributed by atoms with E-state index in [4.69, 9.17) is 5.73 Å². The second kappa shape index (κ2) is 6.72. The third-order valence-electron chi connectivity index (χ3n) is 4.90. The first-order valence-electron chi connectivity index (χ1n) is 7.32. The van der Waals surface area contributed by atoms with Crippen LogP contribution in [-0.2, 0) is 0 Å². The summed E-state index contributed by atoms with van der Waals surface area (Å²) in [6.07, 6.45) is 3.59. The van der Waals surface area contributed by atoms with E-state index in [0.29, 0.717) is 0 Å². The molecule has 0 bridgehead atoms. The van der Waals surface area contributed by atoms with Gasteiger partial charge >= 0.3 is 0 Å². The van der Waals surface area contributed by atoms with Crippen molar-refractivity contribution in [3.05, 3.63) is 0 Å². The molecule has 1 fully saturated rings. The fraction of sp³-hybridized carbons (Fsp3) is 1.00. The summed E-state index contributed by atoms with van der Waals surface area (Å²) in [4.78, 5) is 5.25. The van der Waals surface area contributed by atoms with Crippen LogP contribution in [0.5, 0.6) is 0 Å². The molecule has 17 heavy (non-hydrogen) atoms. The lowest BCUT2D eigenvalue weighted by molar-refractivity contribution is 0.0182. The zero-order chi connectivity index (χ0) is 12.9. The highest BCUT2D eigenvalue weighted by atomic mass is 15.3. The van der Waals surface area contributed by atoms with Gasteiger partial charge in [-0.2, -0.15) is 0 Å². The summed E-state index contributed by atoms with van der Waals surface area (Å²) in [6.45, 7) is 14.7. The Kier molecular flexibility index (Phi) is 5.90. The minimum atomic E-state index is 0.252. The van der Waals surface area contributed by atoms with Gasteiger partial charge in [-0.1, -0.05) is 20.8 Å². The van der Waals surface area contributed by atoms with E-state index in [2.05, 4.69) is 37.5 Å². The van der Waals surface area contributed by atoms with Gasteiger partial charge in [0.25, 0.3) is 0 Å². The number of nitrogens with two attached hydrogens (primary N) is 1. The Hall–Kier alpha value is -0.120. The number of nitrogens with zero attached hydrogens (tertiary/aromatic N) is 2. The van der Waals surface area contributed by atoms with Crippen LogP contribution in [0.1, 0.15) is 47.0 Å². The fourth-order valence-electron chi connectivity index (χ4n) is 3.01. The largest absolute Gasteiger partial charge is 0.329 e. The number of piperazine rings is 1. The van der Waals surface area contributed by atoms with Gasteiger partial charge in [-0.05, 0) is 26.2 Å². The van der Waals surface area contributed by atoms with E-state index in [1.807, 2.05) is 0 Å². The molecule has 0 spiro atoms. The summed E-state index contributed by atoms with van der Waals surface area (Å²) in [5, 5.41) is 0. The predicted molar refractivity (Wildman–Crippen MR) is 75.3 cm³/mol. The molecule has 2 N–H and O–H groups in total. The van der Waals surface area contributed by atoms with E-state index in [-0.39, 0.29) is 5.54 Å². The SMILES string of the molecule is CCC(C)N1CCN(C(CC)(CC)CN)CC1. The number of rotatable bonds is 6. The van der Waals surface area contributed by atoms with E-state index in [1.165, 1.54) is 45.4 Å². The van der Waals surface area contributed by atoms with E-state index in [0.717, 1.165) is 12.6 Å². The third-order valence-corrected chi connectivity index (χ3v) is 4.90. The molecule has 0 saturated carbocycles. The van der Waals surface area contributed by atoms with Gasteiger partial charge < -0.3 is 5.73 Å². The van der Waals surface area contributed by atoms with Crippen molar-refractivity contribution in [1.82, 2.24) is 9.80 Å². The van der Waals surface area contributed by atoms with Crippen molar-refractivity contribution in [1.29, 1.82) is 0 Å². The topological polar surface area (TPSA) is 32.5 Å². The molecular weight excluding hydrogens is 210 g/mol. The lowest BCUT2D eigenvalue weighted by atomic mass is 9.90. The monoisotopic (exact) mass is 241 g/mol. The van der Waals surface area contributed by atoms with Crippen molar-refractivity contribution in [2.75, 3.05) is 32.7 Å². The van der Waals surface area contributed by atoms with Crippen LogP contribution in [0.3, 0.4) is 0 Å². The zero-order valence-electron chi connectivity index (χ0n) is 12.2. The quantitative estimate of drug-likeness (QED) is 0.771. The van der Waals surface area contributed by atoms with E-state index in [9.17, 15) is 0 Å². The molecule has 1 rings (SSSR count). The van der Waals surface area contributed by atoms with Crippen molar-refractivity contribution in [2.45, 2.75) is 58.5 Å². The summed E-state index contributed by atoms with van der Waals surface area (Å²) < 4.78 is 0. The highest BCUT2D eigenvalue weighted by molar-refractivity contribution is 4.92. The van der Waals surface area contributed by atoms with Crippen LogP contribution in [0, 0.1) is 0 Å². The van der Waals surface area contributed by atoms with Crippen molar-refractivity contribution < 1.29 is 0 Å². The molecule has 0 aromatic rings. The first-order chi connectivity index (χ1) is 8.13. The average molecular weight is 241 g/mol. The van der Waals surface area contributed by atoms with Crippen molar-refractivity contribution in [3.8, 4) is 0 Å². The van der Waals surface area contributed by atoms with Crippen LogP contribution in [0.25, 0.3) is 0 Å². The highest BCUT2D eigenvalue weighted by Crippen LogP contribution is 2.24. The van der Waals surface area contributed by atoms with Gasteiger partial charge in [0, 0.05) is 44.3 Å². The first-order valence-corrected chi connectivity index (χ1v) is 7.32. The molecule has 0 aliphatic carbocycles. The summed E-state index contributed by atoms with van der Waals surface area (Å²) in [7, 11) is 0. The summed E-state index contributed by atoms with van der Waals surface area (Å²) in [5.41, 5.74) is 6.28. The van der Waals surface area contributed by atoms with Crippen LogP contribution < -0.4 is 5.73 Å². The molecule has 3 nitrogen and oxygen atoms in total. The lowest BCUT2D eigenvalue weighted by Gasteiger charge is -2.48. The van der Waals surface area contributed by atoms with Crippen molar-refractivity contribution in [3.63, 3.8) is 0 Å². The van der Waals surface area contributed by atoms with Gasteiger partial charge in [0.15, 0.2) is 0 Å². The normalized spacial score (nSPS) is 21.7. The smallest absolute Gasteiger partial charge is 0.0327 e.